The number of amides is 2. The van der Waals surface area contributed by atoms with Gasteiger partial charge in [0.05, 0.1) is 5.71 Å². The van der Waals surface area contributed by atoms with Crippen LogP contribution in [0, 0.1) is 34.5 Å². The second kappa shape index (κ2) is 9.94. The summed E-state index contributed by atoms with van der Waals surface area (Å²) in [7, 11) is 0. The molecular formula is C29H43N3O4. The zero-order chi connectivity index (χ0) is 25.5. The van der Waals surface area contributed by atoms with Crippen LogP contribution in [0.1, 0.15) is 91.4 Å². The molecule has 7 nitrogen and oxygen atoms in total. The first kappa shape index (κ1) is 25.5. The molecule has 4 fully saturated rings. The van der Waals surface area contributed by atoms with Gasteiger partial charge in [0.1, 0.15) is 11.8 Å². The highest BCUT2D eigenvalue weighted by atomic mass is 16.6. The fraction of sp³-hybridized carbons (Fsp3) is 0.793. The van der Waals surface area contributed by atoms with Crippen molar-refractivity contribution in [3.63, 3.8) is 0 Å². The molecule has 0 aromatic heterocycles. The van der Waals surface area contributed by atoms with Crippen LogP contribution in [0.15, 0.2) is 16.8 Å². The molecule has 5 rings (SSSR count). The maximum absolute atomic E-state index is 12.4. The summed E-state index contributed by atoms with van der Waals surface area (Å²) in [5.74, 6) is 2.30. The minimum Gasteiger partial charge on any atom is -0.385 e. The monoisotopic (exact) mass is 497 g/mol. The van der Waals surface area contributed by atoms with Gasteiger partial charge in [0, 0.05) is 12.5 Å². The van der Waals surface area contributed by atoms with Crippen molar-refractivity contribution in [2.24, 2.45) is 39.7 Å². The van der Waals surface area contributed by atoms with E-state index in [-0.39, 0.29) is 35.2 Å². The van der Waals surface area contributed by atoms with Gasteiger partial charge in [0.2, 0.25) is 5.91 Å². The van der Waals surface area contributed by atoms with Crippen molar-refractivity contribution in [1.82, 2.24) is 10.6 Å². The molecule has 5 aliphatic rings. The second-order valence-corrected chi connectivity index (χ2v) is 12.6. The molecule has 36 heavy (non-hydrogen) atoms. The van der Waals surface area contributed by atoms with Crippen molar-refractivity contribution < 1.29 is 19.2 Å². The third-order valence-corrected chi connectivity index (χ3v) is 10.7. The number of nitrogens with one attached hydrogen (secondary N) is 2. The van der Waals surface area contributed by atoms with Crippen LogP contribution in [0.3, 0.4) is 0 Å². The van der Waals surface area contributed by atoms with Crippen molar-refractivity contribution >= 4 is 23.3 Å². The van der Waals surface area contributed by atoms with Gasteiger partial charge in [-0.2, -0.15) is 0 Å². The SMILES string of the molecule is CC(=O)[C@H]1CC[C@H]2[C@@H]3CCC4=C/C(=N\OCC(=O)N[C@@H]5CCCCNC5=O)CC[C@]4(C)[C@H]3CC[C@]12C. The number of rotatable bonds is 5. The molecule has 0 bridgehead atoms. The van der Waals surface area contributed by atoms with E-state index >= 15 is 0 Å². The highest BCUT2D eigenvalue weighted by molar-refractivity contribution is 5.96. The van der Waals surface area contributed by atoms with E-state index in [0.717, 1.165) is 50.2 Å². The van der Waals surface area contributed by atoms with Gasteiger partial charge in [-0.05, 0) is 112 Å². The standard InChI is InChI=1S/C29H43N3O4/c1-18(33)22-9-10-23-21-8-7-19-16-20(11-13-28(19,2)24(21)12-14-29(22,23)3)32-36-17-26(34)31-25-6-4-5-15-30-27(25)35/h16,21-25H,4-15,17H2,1-3H3,(H,30,35)(H,31,34)/b32-20-/t21-,22+,23-,24-,25+,28-,29+/m0/s1. The molecule has 0 aromatic rings. The van der Waals surface area contributed by atoms with E-state index < -0.39 is 6.04 Å². The molecule has 2 N–H and O–H groups in total. The average Bonchev–Trinajstić information content (AvgIpc) is 3.08. The molecule has 0 radical (unpaired) electrons. The van der Waals surface area contributed by atoms with Crippen LogP contribution >= 0.6 is 0 Å². The van der Waals surface area contributed by atoms with E-state index in [9.17, 15) is 14.4 Å². The maximum Gasteiger partial charge on any atom is 0.261 e. The summed E-state index contributed by atoms with van der Waals surface area (Å²) in [5, 5.41) is 9.93. The number of carbonyl (C=O) groups excluding carboxylic acids is 3. The number of carbonyl (C=O) groups is 3. The average molecular weight is 498 g/mol. The number of ketones is 1. The van der Waals surface area contributed by atoms with E-state index in [4.69, 9.17) is 4.84 Å². The molecule has 0 unspecified atom stereocenters. The van der Waals surface area contributed by atoms with Crippen molar-refractivity contribution in [1.29, 1.82) is 0 Å². The number of hydrogen-bond acceptors (Lipinski definition) is 5. The van der Waals surface area contributed by atoms with Crippen LogP contribution in [0.4, 0.5) is 0 Å². The van der Waals surface area contributed by atoms with Crippen LogP contribution in [-0.2, 0) is 19.2 Å². The number of Topliss-reactive ketones (excluding diaryl/α,β-unsaturated/α-hetero) is 1. The Hall–Kier alpha value is -2.18. The Kier molecular flexibility index (Phi) is 7.03. The van der Waals surface area contributed by atoms with Crippen molar-refractivity contribution in [3.8, 4) is 0 Å². The van der Waals surface area contributed by atoms with Crippen LogP contribution in [-0.4, -0.2) is 42.5 Å². The summed E-state index contributed by atoms with van der Waals surface area (Å²) in [5.41, 5.74) is 2.79. The second-order valence-electron chi connectivity index (χ2n) is 12.6. The smallest absolute Gasteiger partial charge is 0.261 e. The summed E-state index contributed by atoms with van der Waals surface area (Å²) in [6, 6.07) is -0.480. The Bertz CT molecular complexity index is 974. The van der Waals surface area contributed by atoms with E-state index in [1.807, 2.05) is 0 Å². The topological polar surface area (TPSA) is 96.9 Å². The zero-order valence-electron chi connectivity index (χ0n) is 22.2. The Morgan fingerprint density at radius 3 is 2.72 bits per heavy atom. The molecule has 1 saturated heterocycles. The molecule has 2 amide bonds. The van der Waals surface area contributed by atoms with Crippen LogP contribution in [0.5, 0.6) is 0 Å². The molecule has 0 spiro atoms. The molecule has 1 aliphatic heterocycles. The largest absolute Gasteiger partial charge is 0.385 e. The van der Waals surface area contributed by atoms with E-state index in [0.29, 0.717) is 30.6 Å². The molecule has 1 heterocycles. The minimum absolute atomic E-state index is 0.114. The Morgan fingerprint density at radius 1 is 1.08 bits per heavy atom. The summed E-state index contributed by atoms with van der Waals surface area (Å²) in [4.78, 5) is 42.2. The highest BCUT2D eigenvalue weighted by Crippen LogP contribution is 2.66. The van der Waals surface area contributed by atoms with Gasteiger partial charge in [0.15, 0.2) is 6.61 Å². The van der Waals surface area contributed by atoms with Gasteiger partial charge in [-0.3, -0.25) is 14.4 Å². The minimum atomic E-state index is -0.480. The van der Waals surface area contributed by atoms with Crippen LogP contribution < -0.4 is 10.6 Å². The van der Waals surface area contributed by atoms with Gasteiger partial charge >= 0.3 is 0 Å². The quantitative estimate of drug-likeness (QED) is 0.553. The number of nitrogens with zero attached hydrogens (tertiary/aromatic N) is 1. The lowest BCUT2D eigenvalue weighted by atomic mass is 9.46. The maximum atomic E-state index is 12.4. The number of oxime groups is 1. The van der Waals surface area contributed by atoms with Crippen molar-refractivity contribution in [3.05, 3.63) is 11.6 Å². The highest BCUT2D eigenvalue weighted by Gasteiger charge is 2.59. The fourth-order valence-corrected chi connectivity index (χ4v) is 8.80. The number of allylic oxidation sites excluding steroid dienone is 2. The first-order valence-corrected chi connectivity index (χ1v) is 14.2. The van der Waals surface area contributed by atoms with Crippen molar-refractivity contribution in [2.75, 3.05) is 13.2 Å². The van der Waals surface area contributed by atoms with E-state index in [1.54, 1.807) is 6.92 Å². The summed E-state index contributed by atoms with van der Waals surface area (Å²) < 4.78 is 0. The molecule has 0 aromatic carbocycles. The Morgan fingerprint density at radius 2 is 1.92 bits per heavy atom. The normalized spacial score (nSPS) is 41.2. The van der Waals surface area contributed by atoms with E-state index in [2.05, 4.69) is 35.7 Å². The summed E-state index contributed by atoms with van der Waals surface area (Å²) in [6.07, 6.45) is 13.6. The molecule has 198 valence electrons. The third-order valence-electron chi connectivity index (χ3n) is 10.7. The predicted octanol–water partition coefficient (Wildman–Crippen LogP) is 4.31. The van der Waals surface area contributed by atoms with E-state index in [1.165, 1.54) is 31.3 Å². The first-order chi connectivity index (χ1) is 17.2. The zero-order valence-corrected chi connectivity index (χ0v) is 22.2. The Balaban J connectivity index is 1.20. The molecule has 7 heteroatoms. The van der Waals surface area contributed by atoms with Gasteiger partial charge in [-0.15, -0.1) is 0 Å². The molecular weight excluding hydrogens is 454 g/mol. The first-order valence-electron chi connectivity index (χ1n) is 14.2. The van der Waals surface area contributed by atoms with Gasteiger partial charge < -0.3 is 15.5 Å². The van der Waals surface area contributed by atoms with Gasteiger partial charge in [-0.25, -0.2) is 0 Å². The lowest BCUT2D eigenvalue weighted by Gasteiger charge is -2.58. The summed E-state index contributed by atoms with van der Waals surface area (Å²) >= 11 is 0. The van der Waals surface area contributed by atoms with Crippen LogP contribution in [0.25, 0.3) is 0 Å². The molecule has 3 saturated carbocycles. The predicted molar refractivity (Wildman–Crippen MR) is 138 cm³/mol. The van der Waals surface area contributed by atoms with Gasteiger partial charge in [-0.1, -0.05) is 24.6 Å². The summed E-state index contributed by atoms with van der Waals surface area (Å²) in [6.45, 7) is 7.16. The van der Waals surface area contributed by atoms with Crippen LogP contribution in [0.2, 0.25) is 0 Å². The number of fused-ring (bicyclic) bond motifs is 5. The Labute approximate surface area is 215 Å². The fourth-order valence-electron chi connectivity index (χ4n) is 8.80. The van der Waals surface area contributed by atoms with Crippen molar-refractivity contribution in [2.45, 2.75) is 97.4 Å². The lowest BCUT2D eigenvalue weighted by molar-refractivity contribution is -0.131. The third kappa shape index (κ3) is 4.51. The molecule has 4 aliphatic carbocycles. The number of hydrogen-bond donors (Lipinski definition) is 2. The molecule has 7 atom stereocenters. The van der Waals surface area contributed by atoms with Gasteiger partial charge in [0.25, 0.3) is 5.91 Å². The lowest BCUT2D eigenvalue weighted by Crippen LogP contribution is -2.51.